The van der Waals surface area contributed by atoms with Gasteiger partial charge in [-0.3, -0.25) is 9.97 Å². The fraction of sp³-hybridized carbons (Fsp3) is 0. The molecule has 5 heterocycles. The molecule has 0 saturated heterocycles. The highest BCUT2D eigenvalue weighted by molar-refractivity contribution is 6.14. The quantitative estimate of drug-likeness (QED) is 0.160. The molecule has 0 N–H and O–H groups in total. The first kappa shape index (κ1) is 38.9. The molecule has 14 rings (SSSR count). The molecule has 0 amide bonds. The standard InChI is InChI=1S/C64H40N4O/c1-2-14-45(15-3-1)67-59-23-9-8-20-51(59)52-36-41(24-29-60(52)67)42-27-32-63-55(37-42)56-40-46(28-33-64(56)69-63)68-61-30-25-43(47-16-4-6-18-49(47)57-21-10-12-34-65-57)38-53(61)54-39-44(26-31-62(54)68)48-17-5-7-19-50(48)58-22-11-13-35-66-58/h1-40H. The molecule has 0 radical (unpaired) electrons. The fourth-order valence-corrected chi connectivity index (χ4v) is 10.7. The van der Waals surface area contributed by atoms with Crippen molar-refractivity contribution in [3.05, 3.63) is 243 Å². The van der Waals surface area contributed by atoms with E-state index in [1.54, 1.807) is 0 Å². The van der Waals surface area contributed by atoms with Crippen molar-refractivity contribution in [2.24, 2.45) is 0 Å². The number of hydrogen-bond donors (Lipinski definition) is 0. The van der Waals surface area contributed by atoms with Crippen molar-refractivity contribution in [2.75, 3.05) is 0 Å². The van der Waals surface area contributed by atoms with Gasteiger partial charge in [0, 0.05) is 67.2 Å². The smallest absolute Gasteiger partial charge is 0.135 e. The molecule has 0 atom stereocenters. The Hall–Kier alpha value is -9.32. The largest absolute Gasteiger partial charge is 0.456 e. The minimum Gasteiger partial charge on any atom is -0.456 e. The summed E-state index contributed by atoms with van der Waals surface area (Å²) in [5, 5.41) is 6.95. The number of rotatable bonds is 7. The van der Waals surface area contributed by atoms with Crippen LogP contribution in [0, 0.1) is 0 Å². The van der Waals surface area contributed by atoms with Crippen LogP contribution < -0.4 is 0 Å². The highest BCUT2D eigenvalue weighted by atomic mass is 16.3. The Labute approximate surface area is 397 Å². The van der Waals surface area contributed by atoms with Crippen molar-refractivity contribution < 1.29 is 4.42 Å². The lowest BCUT2D eigenvalue weighted by molar-refractivity contribution is 0.669. The monoisotopic (exact) mass is 880 g/mol. The van der Waals surface area contributed by atoms with Crippen molar-refractivity contribution in [1.29, 1.82) is 0 Å². The van der Waals surface area contributed by atoms with Crippen molar-refractivity contribution in [2.45, 2.75) is 0 Å². The van der Waals surface area contributed by atoms with E-state index >= 15 is 0 Å². The second kappa shape index (κ2) is 15.7. The van der Waals surface area contributed by atoms with Gasteiger partial charge < -0.3 is 13.6 Å². The summed E-state index contributed by atoms with van der Waals surface area (Å²) in [6.45, 7) is 0. The molecule has 5 heteroatoms. The molecule has 5 nitrogen and oxygen atoms in total. The van der Waals surface area contributed by atoms with E-state index < -0.39 is 0 Å². The maximum absolute atomic E-state index is 6.57. The first-order valence-electron chi connectivity index (χ1n) is 23.4. The number of hydrogen-bond acceptors (Lipinski definition) is 3. The number of furan rings is 1. The second-order valence-corrected chi connectivity index (χ2v) is 17.7. The van der Waals surface area contributed by atoms with Crippen LogP contribution in [-0.4, -0.2) is 19.1 Å². The number of aromatic nitrogens is 4. The average molecular weight is 881 g/mol. The SMILES string of the molecule is c1ccc(-n2c3ccccc3c3cc(-c4ccc5oc6ccc(-n7c8ccc(-c9ccccc9-c9ccccn9)cc8c8cc(-c9ccccc9-c9ccccn9)ccc87)cc6c5c4)ccc32)cc1. The van der Waals surface area contributed by atoms with Crippen molar-refractivity contribution in [1.82, 2.24) is 19.1 Å². The Balaban J connectivity index is 0.944. The summed E-state index contributed by atoms with van der Waals surface area (Å²) in [7, 11) is 0. The minimum atomic E-state index is 0.856. The molecule has 0 aliphatic heterocycles. The van der Waals surface area contributed by atoms with Gasteiger partial charge in [0.15, 0.2) is 0 Å². The third-order valence-corrected chi connectivity index (χ3v) is 13.9. The van der Waals surface area contributed by atoms with Gasteiger partial charge >= 0.3 is 0 Å². The topological polar surface area (TPSA) is 48.8 Å². The van der Waals surface area contributed by atoms with Crippen LogP contribution in [0.15, 0.2) is 247 Å². The Morgan fingerprint density at radius 2 is 0.710 bits per heavy atom. The molecule has 0 aliphatic carbocycles. The third-order valence-electron chi connectivity index (χ3n) is 13.9. The molecule has 0 spiro atoms. The number of nitrogens with zero attached hydrogens (tertiary/aromatic N) is 4. The first-order chi connectivity index (χ1) is 34.2. The molecular formula is C64H40N4O. The zero-order valence-electron chi connectivity index (χ0n) is 37.3. The molecule has 69 heavy (non-hydrogen) atoms. The highest BCUT2D eigenvalue weighted by Crippen LogP contribution is 2.43. The summed E-state index contributed by atoms with van der Waals surface area (Å²) in [6.07, 6.45) is 3.72. The van der Waals surface area contributed by atoms with Crippen molar-refractivity contribution in [3.8, 4) is 67.3 Å². The predicted molar refractivity (Wildman–Crippen MR) is 285 cm³/mol. The molecule has 14 aromatic rings. The van der Waals surface area contributed by atoms with Crippen molar-refractivity contribution >= 4 is 65.6 Å². The number of para-hydroxylation sites is 2. The van der Waals surface area contributed by atoms with E-state index in [0.29, 0.717) is 0 Å². The van der Waals surface area contributed by atoms with Gasteiger partial charge in [-0.1, -0.05) is 121 Å². The normalized spacial score (nSPS) is 11.8. The van der Waals surface area contributed by atoms with Crippen LogP contribution in [0.5, 0.6) is 0 Å². The number of benzene rings is 9. The molecule has 0 aliphatic rings. The Kier molecular flexibility index (Phi) is 8.83. The molecule has 5 aromatic heterocycles. The van der Waals surface area contributed by atoms with Gasteiger partial charge in [0.2, 0.25) is 0 Å². The van der Waals surface area contributed by atoms with Gasteiger partial charge in [0.05, 0.1) is 33.5 Å². The van der Waals surface area contributed by atoms with E-state index in [0.717, 1.165) is 100 Å². The maximum atomic E-state index is 6.57. The summed E-state index contributed by atoms with van der Waals surface area (Å²) < 4.78 is 11.3. The first-order valence-corrected chi connectivity index (χ1v) is 23.4. The lowest BCUT2D eigenvalue weighted by Crippen LogP contribution is -1.94. The predicted octanol–water partition coefficient (Wildman–Crippen LogP) is 16.9. The van der Waals surface area contributed by atoms with E-state index in [9.17, 15) is 0 Å². The van der Waals surface area contributed by atoms with E-state index in [1.807, 2.05) is 36.7 Å². The summed E-state index contributed by atoms with van der Waals surface area (Å²) in [5.41, 5.74) is 19.5. The van der Waals surface area contributed by atoms with E-state index in [-0.39, 0.29) is 0 Å². The van der Waals surface area contributed by atoms with Crippen LogP contribution in [0.3, 0.4) is 0 Å². The van der Waals surface area contributed by atoms with Gasteiger partial charge in [-0.2, -0.15) is 0 Å². The van der Waals surface area contributed by atoms with Crippen LogP contribution in [0.1, 0.15) is 0 Å². The summed E-state index contributed by atoms with van der Waals surface area (Å²) >= 11 is 0. The van der Waals surface area contributed by atoms with Crippen LogP contribution in [0.2, 0.25) is 0 Å². The lowest BCUT2D eigenvalue weighted by atomic mass is 9.94. The number of pyridine rings is 2. The van der Waals surface area contributed by atoms with Gasteiger partial charge in [-0.05, 0) is 143 Å². The minimum absolute atomic E-state index is 0.856. The zero-order valence-corrected chi connectivity index (χ0v) is 37.3. The molecular weight excluding hydrogens is 841 g/mol. The average Bonchev–Trinajstić information content (AvgIpc) is 4.08. The van der Waals surface area contributed by atoms with E-state index in [4.69, 9.17) is 14.4 Å². The highest BCUT2D eigenvalue weighted by Gasteiger charge is 2.20. The fourth-order valence-electron chi connectivity index (χ4n) is 10.7. The van der Waals surface area contributed by atoms with Gasteiger partial charge in [-0.25, -0.2) is 0 Å². The summed E-state index contributed by atoms with van der Waals surface area (Å²) in [4.78, 5) is 9.50. The molecule has 322 valence electrons. The Bertz CT molecular complexity index is 4160. The van der Waals surface area contributed by atoms with Gasteiger partial charge in [0.1, 0.15) is 11.2 Å². The maximum Gasteiger partial charge on any atom is 0.135 e. The molecule has 0 unspecified atom stereocenters. The zero-order chi connectivity index (χ0) is 45.4. The summed E-state index contributed by atoms with van der Waals surface area (Å²) in [5.74, 6) is 0. The van der Waals surface area contributed by atoms with Gasteiger partial charge in [-0.15, -0.1) is 0 Å². The van der Waals surface area contributed by atoms with E-state index in [2.05, 4.69) is 215 Å². The Morgan fingerprint density at radius 1 is 0.275 bits per heavy atom. The Morgan fingerprint density at radius 3 is 1.32 bits per heavy atom. The molecule has 0 fully saturated rings. The molecule has 0 saturated carbocycles. The van der Waals surface area contributed by atoms with Gasteiger partial charge in [0.25, 0.3) is 0 Å². The van der Waals surface area contributed by atoms with Crippen LogP contribution >= 0.6 is 0 Å². The summed E-state index contributed by atoms with van der Waals surface area (Å²) in [6, 6.07) is 82.5. The van der Waals surface area contributed by atoms with Crippen LogP contribution in [0.25, 0.3) is 133 Å². The van der Waals surface area contributed by atoms with Crippen LogP contribution in [0.4, 0.5) is 0 Å². The second-order valence-electron chi connectivity index (χ2n) is 17.7. The lowest BCUT2D eigenvalue weighted by Gasteiger charge is -2.11. The third kappa shape index (κ3) is 6.32. The van der Waals surface area contributed by atoms with E-state index in [1.165, 1.54) is 32.6 Å². The van der Waals surface area contributed by atoms with Crippen LogP contribution in [-0.2, 0) is 0 Å². The molecule has 0 bridgehead atoms. The number of fused-ring (bicyclic) bond motifs is 9. The van der Waals surface area contributed by atoms with Crippen molar-refractivity contribution in [3.63, 3.8) is 0 Å². The molecule has 9 aromatic carbocycles.